The van der Waals surface area contributed by atoms with Gasteiger partial charge in [0.05, 0.1) is 25.4 Å². The number of carbonyl (C=O) groups excluding carboxylic acids is 1. The molecule has 0 bridgehead atoms. The number of hydrogen-bond acceptors (Lipinski definition) is 5. The second kappa shape index (κ2) is 15.2. The van der Waals surface area contributed by atoms with Crippen LogP contribution < -0.4 is 14.2 Å². The molecule has 6 nitrogen and oxygen atoms in total. The van der Waals surface area contributed by atoms with E-state index in [1.54, 1.807) is 0 Å². The predicted octanol–water partition coefficient (Wildman–Crippen LogP) is 6.81. The van der Waals surface area contributed by atoms with Crippen molar-refractivity contribution in [3.05, 3.63) is 53.1 Å². The third-order valence-electron chi connectivity index (χ3n) is 6.41. The maximum atomic E-state index is 12.2. The lowest BCUT2D eigenvalue weighted by Crippen LogP contribution is -2.17. The monoisotopic (exact) mass is 496 g/mol. The molecule has 0 aliphatic carbocycles. The van der Waals surface area contributed by atoms with Crippen LogP contribution in [0.15, 0.2) is 36.4 Å². The van der Waals surface area contributed by atoms with Gasteiger partial charge < -0.3 is 19.3 Å². The molecule has 0 fully saturated rings. The minimum absolute atomic E-state index is 0.158. The fourth-order valence-electron chi connectivity index (χ4n) is 4.50. The van der Waals surface area contributed by atoms with Gasteiger partial charge in [-0.1, -0.05) is 38.3 Å². The molecule has 0 atom stereocenters. The number of ketones is 1. The molecule has 3 rings (SSSR count). The van der Waals surface area contributed by atoms with Crippen LogP contribution in [0, 0.1) is 0 Å². The summed E-state index contributed by atoms with van der Waals surface area (Å²) in [5.74, 6) is 1.89. The Kier molecular flexibility index (Phi) is 11.6. The molecule has 2 aromatic rings. The van der Waals surface area contributed by atoms with Gasteiger partial charge >= 0.3 is 5.97 Å². The van der Waals surface area contributed by atoms with E-state index in [9.17, 15) is 9.59 Å². The summed E-state index contributed by atoms with van der Waals surface area (Å²) in [5.41, 5.74) is 3.01. The van der Waals surface area contributed by atoms with Crippen molar-refractivity contribution in [1.29, 1.82) is 0 Å². The van der Waals surface area contributed by atoms with Crippen molar-refractivity contribution in [1.82, 2.24) is 0 Å². The SMILES string of the molecule is CCCc1c(OCCCCCCc2cccc(OCCCCCC(=O)O)c2)ccc2c1OCCC2=O. The van der Waals surface area contributed by atoms with E-state index < -0.39 is 5.97 Å². The van der Waals surface area contributed by atoms with Crippen molar-refractivity contribution >= 4 is 11.8 Å². The highest BCUT2D eigenvalue weighted by molar-refractivity contribution is 6.00. The third-order valence-corrected chi connectivity index (χ3v) is 6.41. The summed E-state index contributed by atoms with van der Waals surface area (Å²) in [6.07, 6.45) is 10.3. The summed E-state index contributed by atoms with van der Waals surface area (Å²) >= 11 is 0. The van der Waals surface area contributed by atoms with Crippen LogP contribution in [0.25, 0.3) is 0 Å². The van der Waals surface area contributed by atoms with Crippen molar-refractivity contribution in [3.63, 3.8) is 0 Å². The van der Waals surface area contributed by atoms with Crippen molar-refractivity contribution < 1.29 is 28.9 Å². The van der Waals surface area contributed by atoms with Gasteiger partial charge in [-0.15, -0.1) is 0 Å². The molecule has 1 N–H and O–H groups in total. The van der Waals surface area contributed by atoms with E-state index in [1.165, 1.54) is 5.56 Å². The molecule has 0 saturated heterocycles. The lowest BCUT2D eigenvalue weighted by atomic mass is 9.98. The van der Waals surface area contributed by atoms with Gasteiger partial charge in [-0.2, -0.15) is 0 Å². The Bertz CT molecular complexity index is 983. The highest BCUT2D eigenvalue weighted by atomic mass is 16.5. The number of fused-ring (bicyclic) bond motifs is 1. The van der Waals surface area contributed by atoms with Crippen LogP contribution in [0.2, 0.25) is 0 Å². The van der Waals surface area contributed by atoms with Crippen molar-refractivity contribution in [2.75, 3.05) is 19.8 Å². The van der Waals surface area contributed by atoms with Gasteiger partial charge in [-0.25, -0.2) is 0 Å². The summed E-state index contributed by atoms with van der Waals surface area (Å²) in [6.45, 7) is 3.87. The van der Waals surface area contributed by atoms with E-state index >= 15 is 0 Å². The summed E-state index contributed by atoms with van der Waals surface area (Å²) in [5, 5.41) is 8.68. The zero-order valence-electron chi connectivity index (χ0n) is 21.6. The molecule has 0 aromatic heterocycles. The first kappa shape index (κ1) is 27.6. The number of carboxylic acid groups (broad SMARTS) is 1. The Morgan fingerprint density at radius 2 is 1.72 bits per heavy atom. The average Bonchev–Trinajstić information content (AvgIpc) is 2.87. The molecule has 0 amide bonds. The minimum atomic E-state index is -0.736. The second-order valence-corrected chi connectivity index (χ2v) is 9.40. The Morgan fingerprint density at radius 1 is 0.944 bits per heavy atom. The van der Waals surface area contributed by atoms with Crippen LogP contribution in [-0.2, 0) is 17.6 Å². The van der Waals surface area contributed by atoms with Gasteiger partial charge in [0.1, 0.15) is 17.2 Å². The molecule has 1 heterocycles. The topological polar surface area (TPSA) is 82.1 Å². The number of hydrogen-bond donors (Lipinski definition) is 1. The summed E-state index contributed by atoms with van der Waals surface area (Å²) in [4.78, 5) is 22.7. The van der Waals surface area contributed by atoms with E-state index in [4.69, 9.17) is 19.3 Å². The molecule has 0 spiro atoms. The molecule has 0 unspecified atom stereocenters. The maximum Gasteiger partial charge on any atom is 0.303 e. The van der Waals surface area contributed by atoms with Gasteiger partial charge in [0.15, 0.2) is 5.78 Å². The van der Waals surface area contributed by atoms with E-state index in [0.717, 1.165) is 80.6 Å². The molecule has 6 heteroatoms. The van der Waals surface area contributed by atoms with Gasteiger partial charge in [0.25, 0.3) is 0 Å². The van der Waals surface area contributed by atoms with Crippen LogP contribution in [0.5, 0.6) is 17.2 Å². The number of ether oxygens (including phenoxy) is 3. The van der Waals surface area contributed by atoms with E-state index in [-0.39, 0.29) is 12.2 Å². The van der Waals surface area contributed by atoms with E-state index in [1.807, 2.05) is 24.3 Å². The molecule has 36 heavy (non-hydrogen) atoms. The minimum Gasteiger partial charge on any atom is -0.494 e. The van der Waals surface area contributed by atoms with E-state index in [0.29, 0.717) is 38.2 Å². The lowest BCUT2D eigenvalue weighted by molar-refractivity contribution is -0.137. The first-order chi connectivity index (χ1) is 17.6. The Balaban J connectivity index is 1.33. The standard InChI is InChI=1S/C30H40O6/c1-2-11-26-28(17-16-25-27(31)18-21-36-30(25)26)35-20-8-4-3-6-12-23-13-10-14-24(22-23)34-19-9-5-7-15-29(32)33/h10,13-14,16-17,22H,2-9,11-12,15,18-21H2,1H3,(H,32,33). The van der Waals surface area contributed by atoms with Crippen LogP contribution in [0.4, 0.5) is 0 Å². The molecular formula is C30H40O6. The number of benzene rings is 2. The smallest absolute Gasteiger partial charge is 0.303 e. The molecule has 0 radical (unpaired) electrons. The fourth-order valence-corrected chi connectivity index (χ4v) is 4.50. The van der Waals surface area contributed by atoms with E-state index in [2.05, 4.69) is 19.1 Å². The normalized spacial score (nSPS) is 12.6. The number of unbranched alkanes of at least 4 members (excludes halogenated alkanes) is 5. The van der Waals surface area contributed by atoms with Crippen LogP contribution in [0.1, 0.15) is 92.6 Å². The van der Waals surface area contributed by atoms with Crippen LogP contribution in [0.3, 0.4) is 0 Å². The average molecular weight is 497 g/mol. The predicted molar refractivity (Wildman–Crippen MR) is 141 cm³/mol. The largest absolute Gasteiger partial charge is 0.494 e. The number of aliphatic carboxylic acids is 1. The first-order valence-electron chi connectivity index (χ1n) is 13.5. The summed E-state index contributed by atoms with van der Waals surface area (Å²) in [7, 11) is 0. The van der Waals surface area contributed by atoms with Gasteiger partial charge in [0.2, 0.25) is 0 Å². The summed E-state index contributed by atoms with van der Waals surface area (Å²) < 4.78 is 17.8. The Morgan fingerprint density at radius 3 is 2.53 bits per heavy atom. The van der Waals surface area contributed by atoms with Gasteiger partial charge in [0, 0.05) is 18.4 Å². The van der Waals surface area contributed by atoms with Crippen LogP contribution >= 0.6 is 0 Å². The zero-order chi connectivity index (χ0) is 25.6. The molecular weight excluding hydrogens is 456 g/mol. The number of carboxylic acids is 1. The van der Waals surface area contributed by atoms with Gasteiger partial charge in [-0.05, 0) is 74.8 Å². The molecule has 1 aliphatic rings. The van der Waals surface area contributed by atoms with Crippen LogP contribution in [-0.4, -0.2) is 36.7 Å². The highest BCUT2D eigenvalue weighted by Gasteiger charge is 2.23. The number of carbonyl (C=O) groups is 2. The highest BCUT2D eigenvalue weighted by Crippen LogP contribution is 2.36. The molecule has 0 saturated carbocycles. The van der Waals surface area contributed by atoms with Gasteiger partial charge in [-0.3, -0.25) is 9.59 Å². The molecule has 2 aromatic carbocycles. The van der Waals surface area contributed by atoms with Crippen molar-refractivity contribution in [2.45, 2.75) is 84.0 Å². The Hall–Kier alpha value is -3.02. The fraction of sp³-hybridized carbons (Fsp3) is 0.533. The molecule has 1 aliphatic heterocycles. The lowest BCUT2D eigenvalue weighted by Gasteiger charge is -2.22. The number of Topliss-reactive ketones (excluding diaryl/α,β-unsaturated/α-hetero) is 1. The maximum absolute atomic E-state index is 12.2. The van der Waals surface area contributed by atoms with Crippen molar-refractivity contribution in [3.8, 4) is 17.2 Å². The number of rotatable bonds is 17. The zero-order valence-corrected chi connectivity index (χ0v) is 21.6. The quantitative estimate of drug-likeness (QED) is 0.242. The third kappa shape index (κ3) is 8.89. The number of aryl methyl sites for hydroxylation is 1. The van der Waals surface area contributed by atoms with Crippen molar-refractivity contribution in [2.24, 2.45) is 0 Å². The molecule has 196 valence electrons. The second-order valence-electron chi connectivity index (χ2n) is 9.40. The first-order valence-corrected chi connectivity index (χ1v) is 13.5. The Labute approximate surface area is 215 Å². The summed E-state index contributed by atoms with van der Waals surface area (Å²) in [6, 6.07) is 12.0.